The van der Waals surface area contributed by atoms with E-state index in [2.05, 4.69) is 29.0 Å². The van der Waals surface area contributed by atoms with Crippen molar-refractivity contribution in [2.45, 2.75) is 43.9 Å². The smallest absolute Gasteiger partial charge is 0.410 e. The van der Waals surface area contributed by atoms with Crippen LogP contribution in [-0.2, 0) is 21.2 Å². The Morgan fingerprint density at radius 3 is 2.48 bits per heavy atom. The molecule has 2 unspecified atom stereocenters. The average Bonchev–Trinajstić information content (AvgIpc) is 3.42. The summed E-state index contributed by atoms with van der Waals surface area (Å²) in [5, 5.41) is 0. The van der Waals surface area contributed by atoms with E-state index >= 15 is 0 Å². The first-order valence-corrected chi connectivity index (χ1v) is 11.9. The third kappa shape index (κ3) is 5.16. The van der Waals surface area contributed by atoms with E-state index in [-0.39, 0.29) is 24.3 Å². The third-order valence-electron chi connectivity index (χ3n) is 5.42. The number of ether oxygens (including phenoxy) is 1. The summed E-state index contributed by atoms with van der Waals surface area (Å²) in [7, 11) is -3.37. The van der Waals surface area contributed by atoms with E-state index < -0.39 is 10.0 Å². The molecule has 0 bridgehead atoms. The van der Waals surface area contributed by atoms with Crippen LogP contribution in [0.4, 0.5) is 4.79 Å². The molecule has 6 nitrogen and oxygen atoms in total. The van der Waals surface area contributed by atoms with Crippen molar-refractivity contribution in [3.8, 4) is 11.1 Å². The minimum atomic E-state index is -3.37. The predicted molar refractivity (Wildman–Crippen MR) is 112 cm³/mol. The second kappa shape index (κ2) is 8.16. The topological polar surface area (TPSA) is 75.7 Å². The number of likely N-dealkylation sites (tertiary alicyclic amines) is 1. The van der Waals surface area contributed by atoms with Gasteiger partial charge >= 0.3 is 6.09 Å². The molecule has 1 saturated carbocycles. The minimum Gasteiger partial charge on any atom is -0.446 e. The zero-order valence-electron chi connectivity index (χ0n) is 16.5. The normalized spacial score (nSPS) is 21.9. The molecule has 2 aromatic carbocycles. The van der Waals surface area contributed by atoms with Crippen molar-refractivity contribution in [1.82, 2.24) is 9.62 Å². The molecule has 1 amide bonds. The van der Waals surface area contributed by atoms with Gasteiger partial charge in [-0.15, -0.1) is 0 Å². The summed E-state index contributed by atoms with van der Waals surface area (Å²) >= 11 is 0. The van der Waals surface area contributed by atoms with Crippen molar-refractivity contribution in [3.63, 3.8) is 0 Å². The van der Waals surface area contributed by atoms with Gasteiger partial charge in [0, 0.05) is 12.6 Å². The lowest BCUT2D eigenvalue weighted by Gasteiger charge is -2.28. The average molecular weight is 415 g/mol. The molecule has 1 N–H and O–H groups in total. The monoisotopic (exact) mass is 414 g/mol. The van der Waals surface area contributed by atoms with Crippen LogP contribution in [0.5, 0.6) is 0 Å². The summed E-state index contributed by atoms with van der Waals surface area (Å²) in [5.41, 5.74) is 3.28. The molecule has 2 aliphatic rings. The quantitative estimate of drug-likeness (QED) is 0.788. The van der Waals surface area contributed by atoms with Crippen LogP contribution in [0.3, 0.4) is 0 Å². The molecule has 1 aliphatic carbocycles. The van der Waals surface area contributed by atoms with Gasteiger partial charge in [-0.05, 0) is 42.4 Å². The van der Waals surface area contributed by atoms with Gasteiger partial charge in [0.2, 0.25) is 10.0 Å². The standard InChI is InChI=1S/C22H26N2O4S/c1-29(26,27)23-20-12-13-24(22(25)28-19-10-11-19)21(20)15-16-6-5-9-18(14-16)17-7-3-2-4-8-17/h2-9,14,19-21,23H,10-13,15H2,1H3. The molecule has 0 radical (unpaired) electrons. The number of hydrogen-bond donors (Lipinski definition) is 1. The molecule has 1 heterocycles. The molecule has 1 aliphatic heterocycles. The summed E-state index contributed by atoms with van der Waals surface area (Å²) < 4.78 is 31.9. The van der Waals surface area contributed by atoms with Gasteiger partial charge in [-0.25, -0.2) is 17.9 Å². The highest BCUT2D eigenvalue weighted by atomic mass is 32.2. The van der Waals surface area contributed by atoms with Gasteiger partial charge in [-0.1, -0.05) is 54.6 Å². The summed E-state index contributed by atoms with van der Waals surface area (Å²) in [6, 6.07) is 17.7. The minimum absolute atomic E-state index is 0.0199. The van der Waals surface area contributed by atoms with Crippen molar-refractivity contribution in [3.05, 3.63) is 60.2 Å². The molecular weight excluding hydrogens is 388 g/mol. The highest BCUT2D eigenvalue weighted by Gasteiger charge is 2.40. The van der Waals surface area contributed by atoms with E-state index in [9.17, 15) is 13.2 Å². The number of benzene rings is 2. The van der Waals surface area contributed by atoms with Crippen LogP contribution in [0.1, 0.15) is 24.8 Å². The van der Waals surface area contributed by atoms with Gasteiger partial charge in [0.25, 0.3) is 0 Å². The van der Waals surface area contributed by atoms with E-state index in [1.54, 1.807) is 4.90 Å². The second-order valence-corrected chi connectivity index (χ2v) is 9.68. The Balaban J connectivity index is 1.57. The fourth-order valence-electron chi connectivity index (χ4n) is 3.89. The van der Waals surface area contributed by atoms with Crippen molar-refractivity contribution >= 4 is 16.1 Å². The number of carbonyl (C=O) groups is 1. The molecule has 1 saturated heterocycles. The number of nitrogens with zero attached hydrogens (tertiary/aromatic N) is 1. The molecule has 2 fully saturated rings. The Kier molecular flexibility index (Phi) is 5.61. The van der Waals surface area contributed by atoms with E-state index in [0.717, 1.165) is 35.8 Å². The molecule has 4 rings (SSSR count). The number of amides is 1. The van der Waals surface area contributed by atoms with Crippen LogP contribution in [0.15, 0.2) is 54.6 Å². The van der Waals surface area contributed by atoms with Gasteiger partial charge in [-0.2, -0.15) is 0 Å². The fraction of sp³-hybridized carbons (Fsp3) is 0.409. The summed E-state index contributed by atoms with van der Waals surface area (Å²) in [6.07, 6.45) is 3.80. The Labute approximate surface area is 171 Å². The van der Waals surface area contributed by atoms with Crippen molar-refractivity contribution in [1.29, 1.82) is 0 Å². The van der Waals surface area contributed by atoms with E-state index in [1.165, 1.54) is 0 Å². The maximum atomic E-state index is 12.6. The van der Waals surface area contributed by atoms with Crippen molar-refractivity contribution in [2.75, 3.05) is 12.8 Å². The first-order valence-electron chi connectivity index (χ1n) is 9.98. The Morgan fingerprint density at radius 2 is 1.79 bits per heavy atom. The number of hydrogen-bond acceptors (Lipinski definition) is 4. The lowest BCUT2D eigenvalue weighted by Crippen LogP contribution is -2.47. The van der Waals surface area contributed by atoms with Crippen LogP contribution < -0.4 is 4.72 Å². The zero-order valence-corrected chi connectivity index (χ0v) is 17.3. The first-order chi connectivity index (χ1) is 13.9. The number of nitrogens with one attached hydrogen (secondary N) is 1. The van der Waals surface area contributed by atoms with Crippen molar-refractivity contribution < 1.29 is 17.9 Å². The molecule has 29 heavy (non-hydrogen) atoms. The molecule has 0 spiro atoms. The van der Waals surface area contributed by atoms with E-state index in [0.29, 0.717) is 19.4 Å². The Bertz CT molecular complexity index is 973. The zero-order chi connectivity index (χ0) is 20.4. The fourth-order valence-corrected chi connectivity index (χ4v) is 4.72. The Morgan fingerprint density at radius 1 is 1.07 bits per heavy atom. The third-order valence-corrected chi connectivity index (χ3v) is 6.15. The van der Waals surface area contributed by atoms with Crippen LogP contribution in [0.25, 0.3) is 11.1 Å². The Hall–Kier alpha value is -2.38. The van der Waals surface area contributed by atoms with E-state index in [4.69, 9.17) is 4.74 Å². The van der Waals surface area contributed by atoms with Gasteiger partial charge in [-0.3, -0.25) is 0 Å². The highest BCUT2D eigenvalue weighted by Crippen LogP contribution is 2.29. The molecular formula is C22H26N2O4S. The first kappa shape index (κ1) is 19.9. The van der Waals surface area contributed by atoms with Crippen LogP contribution in [-0.4, -0.2) is 50.4 Å². The van der Waals surface area contributed by atoms with Crippen LogP contribution in [0, 0.1) is 0 Å². The van der Waals surface area contributed by atoms with Gasteiger partial charge in [0.15, 0.2) is 0 Å². The van der Waals surface area contributed by atoms with Crippen LogP contribution in [0.2, 0.25) is 0 Å². The van der Waals surface area contributed by atoms with E-state index in [1.807, 2.05) is 30.3 Å². The predicted octanol–water partition coefficient (Wildman–Crippen LogP) is 3.19. The summed E-state index contributed by atoms with van der Waals surface area (Å²) in [5.74, 6) is 0. The highest BCUT2D eigenvalue weighted by molar-refractivity contribution is 7.88. The number of rotatable bonds is 6. The van der Waals surface area contributed by atoms with Gasteiger partial charge < -0.3 is 9.64 Å². The lowest BCUT2D eigenvalue weighted by atomic mass is 9.97. The number of carbonyl (C=O) groups excluding carboxylic acids is 1. The maximum Gasteiger partial charge on any atom is 0.410 e. The largest absolute Gasteiger partial charge is 0.446 e. The molecule has 7 heteroatoms. The molecule has 2 atom stereocenters. The van der Waals surface area contributed by atoms with Crippen molar-refractivity contribution in [2.24, 2.45) is 0 Å². The SMILES string of the molecule is CS(=O)(=O)NC1CCN(C(=O)OC2CC2)C1Cc1cccc(-c2ccccc2)c1. The van der Waals surface area contributed by atoms with Gasteiger partial charge in [0.1, 0.15) is 6.10 Å². The number of sulfonamides is 1. The lowest BCUT2D eigenvalue weighted by molar-refractivity contribution is 0.0902. The van der Waals surface area contributed by atoms with Crippen LogP contribution >= 0.6 is 0 Å². The summed E-state index contributed by atoms with van der Waals surface area (Å²) in [4.78, 5) is 14.3. The molecule has 2 aromatic rings. The maximum absolute atomic E-state index is 12.6. The molecule has 0 aromatic heterocycles. The van der Waals surface area contributed by atoms with Gasteiger partial charge in [0.05, 0.1) is 12.3 Å². The molecule has 154 valence electrons. The summed E-state index contributed by atoms with van der Waals surface area (Å²) in [6.45, 7) is 0.488. The second-order valence-electron chi connectivity index (χ2n) is 7.90.